The average Bonchev–Trinajstić information content (AvgIpc) is 2.70. The molecule has 3 saturated heterocycles. The van der Waals surface area contributed by atoms with E-state index in [1.165, 1.54) is 0 Å². The molecule has 0 aromatic heterocycles. The minimum absolute atomic E-state index is 0.192. The second-order valence-electron chi connectivity index (χ2n) is 5.96. The Kier molecular flexibility index (Phi) is 2.59. The van der Waals surface area contributed by atoms with E-state index in [-0.39, 0.29) is 18.8 Å². The molecule has 0 bridgehead atoms. The number of hydrogen-bond donors (Lipinski definition) is 1. The summed E-state index contributed by atoms with van der Waals surface area (Å²) in [6.07, 6.45) is -0.970. The van der Waals surface area contributed by atoms with Crippen LogP contribution in [0.25, 0.3) is 0 Å². The number of fused-ring (bicyclic) bond motifs is 3. The number of aliphatic hydroxyl groups is 1. The van der Waals surface area contributed by atoms with Crippen LogP contribution in [0.2, 0.25) is 0 Å². The third-order valence-electron chi connectivity index (χ3n) is 3.50. The summed E-state index contributed by atoms with van der Waals surface area (Å²) in [5.41, 5.74) is 0. The first-order valence-corrected chi connectivity index (χ1v) is 6.25. The van der Waals surface area contributed by atoms with Crippen molar-refractivity contribution < 1.29 is 28.8 Å². The summed E-state index contributed by atoms with van der Waals surface area (Å²) in [7, 11) is 0. The Morgan fingerprint density at radius 2 is 1.78 bits per heavy atom. The normalized spacial score (nSPS) is 48.8. The van der Waals surface area contributed by atoms with Gasteiger partial charge in [0.15, 0.2) is 11.6 Å². The molecular weight excluding hydrogens is 240 g/mol. The second-order valence-corrected chi connectivity index (χ2v) is 5.96. The van der Waals surface area contributed by atoms with Gasteiger partial charge in [-0.25, -0.2) is 0 Å². The maximum atomic E-state index is 9.61. The monoisotopic (exact) mass is 260 g/mol. The lowest BCUT2D eigenvalue weighted by Crippen LogP contribution is -2.60. The van der Waals surface area contributed by atoms with Gasteiger partial charge in [-0.3, -0.25) is 0 Å². The van der Waals surface area contributed by atoms with Gasteiger partial charge in [0.25, 0.3) is 0 Å². The zero-order chi connectivity index (χ0) is 13.2. The first-order chi connectivity index (χ1) is 8.27. The summed E-state index contributed by atoms with van der Waals surface area (Å²) in [5.74, 6) is -2.62. The highest BCUT2D eigenvalue weighted by atomic mass is 16.9. The zero-order valence-corrected chi connectivity index (χ0v) is 11.1. The van der Waals surface area contributed by atoms with Crippen LogP contribution < -0.4 is 0 Å². The van der Waals surface area contributed by atoms with E-state index in [4.69, 9.17) is 23.7 Å². The van der Waals surface area contributed by atoms with Gasteiger partial charge in [-0.2, -0.15) is 0 Å². The van der Waals surface area contributed by atoms with E-state index < -0.39 is 23.5 Å². The first kappa shape index (κ1) is 12.8. The molecule has 0 amide bonds. The number of ether oxygens (including phenoxy) is 5. The summed E-state index contributed by atoms with van der Waals surface area (Å²) in [6.45, 7) is 7.35. The molecule has 3 aliphatic rings. The SMILES string of the molecule is CC1(C)O[C@H]2[C@@H](CO[C@@]3(CO)OC(C)(C)O[C@@H]23)O1. The molecule has 3 rings (SSSR count). The predicted molar refractivity (Wildman–Crippen MR) is 59.6 cm³/mol. The van der Waals surface area contributed by atoms with Gasteiger partial charge in [-0.05, 0) is 27.7 Å². The number of hydrogen-bond acceptors (Lipinski definition) is 6. The van der Waals surface area contributed by atoms with Crippen molar-refractivity contribution in [2.45, 2.75) is 63.4 Å². The highest BCUT2D eigenvalue weighted by Crippen LogP contribution is 2.47. The fourth-order valence-electron chi connectivity index (χ4n) is 2.96. The lowest BCUT2D eigenvalue weighted by Gasteiger charge is -2.39. The van der Waals surface area contributed by atoms with Crippen LogP contribution in [0.15, 0.2) is 0 Å². The van der Waals surface area contributed by atoms with E-state index in [9.17, 15) is 5.11 Å². The van der Waals surface area contributed by atoms with Gasteiger partial charge in [-0.15, -0.1) is 0 Å². The first-order valence-electron chi connectivity index (χ1n) is 6.25. The summed E-state index contributed by atoms with van der Waals surface area (Å²) in [4.78, 5) is 0. The molecule has 6 nitrogen and oxygen atoms in total. The molecule has 3 aliphatic heterocycles. The van der Waals surface area contributed by atoms with Crippen molar-refractivity contribution in [2.24, 2.45) is 0 Å². The number of aliphatic hydroxyl groups excluding tert-OH is 1. The van der Waals surface area contributed by atoms with Gasteiger partial charge in [0.2, 0.25) is 5.79 Å². The molecule has 104 valence electrons. The van der Waals surface area contributed by atoms with Crippen LogP contribution in [0.1, 0.15) is 27.7 Å². The van der Waals surface area contributed by atoms with E-state index in [1.54, 1.807) is 13.8 Å². The van der Waals surface area contributed by atoms with Crippen LogP contribution in [0.4, 0.5) is 0 Å². The Balaban J connectivity index is 1.90. The zero-order valence-electron chi connectivity index (χ0n) is 11.1. The van der Waals surface area contributed by atoms with E-state index in [1.807, 2.05) is 13.8 Å². The maximum absolute atomic E-state index is 9.61. The molecule has 0 aromatic rings. The molecule has 0 saturated carbocycles. The molecule has 0 radical (unpaired) electrons. The molecule has 0 spiro atoms. The van der Waals surface area contributed by atoms with Gasteiger partial charge in [0, 0.05) is 0 Å². The highest BCUT2D eigenvalue weighted by molar-refractivity contribution is 5.03. The summed E-state index contributed by atoms with van der Waals surface area (Å²) in [6, 6.07) is 0. The molecular formula is C12H20O6. The molecule has 18 heavy (non-hydrogen) atoms. The van der Waals surface area contributed by atoms with Gasteiger partial charge in [-0.1, -0.05) is 0 Å². The fourth-order valence-corrected chi connectivity index (χ4v) is 2.96. The van der Waals surface area contributed by atoms with Crippen LogP contribution in [0, 0.1) is 0 Å². The maximum Gasteiger partial charge on any atom is 0.224 e. The van der Waals surface area contributed by atoms with E-state index >= 15 is 0 Å². The van der Waals surface area contributed by atoms with Crippen molar-refractivity contribution in [3.63, 3.8) is 0 Å². The molecule has 3 fully saturated rings. The van der Waals surface area contributed by atoms with Crippen molar-refractivity contribution >= 4 is 0 Å². The molecule has 3 heterocycles. The lowest BCUT2D eigenvalue weighted by molar-refractivity contribution is -0.294. The Labute approximate surface area is 106 Å². The van der Waals surface area contributed by atoms with Crippen LogP contribution in [0.5, 0.6) is 0 Å². The quantitative estimate of drug-likeness (QED) is 0.735. The van der Waals surface area contributed by atoms with Crippen molar-refractivity contribution in [1.82, 2.24) is 0 Å². The van der Waals surface area contributed by atoms with Gasteiger partial charge >= 0.3 is 0 Å². The fraction of sp³-hybridized carbons (Fsp3) is 1.00. The van der Waals surface area contributed by atoms with Crippen LogP contribution in [-0.4, -0.2) is 54.0 Å². The smallest absolute Gasteiger partial charge is 0.224 e. The van der Waals surface area contributed by atoms with E-state index in [2.05, 4.69) is 0 Å². The van der Waals surface area contributed by atoms with Crippen molar-refractivity contribution in [3.05, 3.63) is 0 Å². The second kappa shape index (κ2) is 3.65. The van der Waals surface area contributed by atoms with E-state index in [0.717, 1.165) is 0 Å². The van der Waals surface area contributed by atoms with E-state index in [0.29, 0.717) is 6.61 Å². The molecule has 0 aliphatic carbocycles. The number of rotatable bonds is 1. The van der Waals surface area contributed by atoms with Crippen LogP contribution >= 0.6 is 0 Å². The molecule has 0 aromatic carbocycles. The minimum Gasteiger partial charge on any atom is -0.391 e. The summed E-state index contributed by atoms with van der Waals surface area (Å²) >= 11 is 0. The van der Waals surface area contributed by atoms with Crippen molar-refractivity contribution in [2.75, 3.05) is 13.2 Å². The molecule has 4 atom stereocenters. The summed E-state index contributed by atoms with van der Waals surface area (Å²) in [5, 5.41) is 9.61. The third kappa shape index (κ3) is 1.79. The lowest BCUT2D eigenvalue weighted by atomic mass is 9.98. The van der Waals surface area contributed by atoms with Gasteiger partial charge in [0.05, 0.1) is 6.61 Å². The van der Waals surface area contributed by atoms with Gasteiger partial charge in [0.1, 0.15) is 24.9 Å². The molecule has 0 unspecified atom stereocenters. The van der Waals surface area contributed by atoms with Crippen molar-refractivity contribution in [3.8, 4) is 0 Å². The molecule has 1 N–H and O–H groups in total. The Bertz CT molecular complexity index is 354. The summed E-state index contributed by atoms with van der Waals surface area (Å²) < 4.78 is 28.9. The topological polar surface area (TPSA) is 66.4 Å². The Hall–Kier alpha value is -0.240. The van der Waals surface area contributed by atoms with Gasteiger partial charge < -0.3 is 28.8 Å². The van der Waals surface area contributed by atoms with Crippen LogP contribution in [0.3, 0.4) is 0 Å². The third-order valence-corrected chi connectivity index (χ3v) is 3.50. The average molecular weight is 260 g/mol. The highest BCUT2D eigenvalue weighted by Gasteiger charge is 2.65. The standard InChI is InChI=1S/C12H20O6/c1-10(2)15-7-5-14-12(6-13)9(8(7)16-10)17-11(3,4)18-12/h7-9,13H,5-6H2,1-4H3/t7-,8+,9+,12+/m1/s1. The minimum atomic E-state index is -1.14. The Morgan fingerprint density at radius 1 is 1.06 bits per heavy atom. The molecule has 6 heteroatoms. The largest absolute Gasteiger partial charge is 0.391 e. The Morgan fingerprint density at radius 3 is 2.44 bits per heavy atom. The van der Waals surface area contributed by atoms with Crippen molar-refractivity contribution in [1.29, 1.82) is 0 Å². The van der Waals surface area contributed by atoms with Crippen LogP contribution in [-0.2, 0) is 23.7 Å². The predicted octanol–water partition coefficient (Wildman–Crippen LogP) is 0.377.